The second kappa shape index (κ2) is 10.7. The Hall–Kier alpha value is -2.98. The largest absolute Gasteiger partial charge is 1.00 e. The highest BCUT2D eigenvalue weighted by molar-refractivity contribution is 6.31. The van der Waals surface area contributed by atoms with Gasteiger partial charge in [-0.15, -0.1) is 0 Å². The van der Waals surface area contributed by atoms with Crippen molar-refractivity contribution in [2.24, 2.45) is 5.10 Å². The van der Waals surface area contributed by atoms with Gasteiger partial charge in [0.1, 0.15) is 28.4 Å². The number of halogens is 3. The number of hydrazone groups is 1. The summed E-state index contributed by atoms with van der Waals surface area (Å²) in [5.74, 6) is 0.0676. The van der Waals surface area contributed by atoms with Gasteiger partial charge in [0.25, 0.3) is 0 Å². The Morgan fingerprint density at radius 2 is 1.83 bits per heavy atom. The van der Waals surface area contributed by atoms with E-state index in [-0.39, 0.29) is 42.6 Å². The van der Waals surface area contributed by atoms with Crippen molar-refractivity contribution >= 4 is 24.1 Å². The minimum absolute atomic E-state index is 0. The fourth-order valence-corrected chi connectivity index (χ4v) is 4.13. The maximum atomic E-state index is 13.6. The highest BCUT2D eigenvalue weighted by Crippen LogP contribution is 2.58. The van der Waals surface area contributed by atoms with Gasteiger partial charge in [-0.25, -0.2) is 14.2 Å². The van der Waals surface area contributed by atoms with Gasteiger partial charge in [0.15, 0.2) is 6.67 Å². The molecule has 10 heteroatoms. The Kier molecular flexibility index (Phi) is 7.71. The van der Waals surface area contributed by atoms with Gasteiger partial charge in [-0.1, -0.05) is 65.0 Å². The van der Waals surface area contributed by atoms with Gasteiger partial charge in [0, 0.05) is 10.6 Å². The molecule has 3 aromatic carbocycles. The highest BCUT2D eigenvalue weighted by Gasteiger charge is 2.61. The first-order valence-electron chi connectivity index (χ1n) is 10.6. The third kappa shape index (κ3) is 5.65. The predicted octanol–water partition coefficient (Wildman–Crippen LogP) is 2.02. The quantitative estimate of drug-likeness (QED) is 0.135. The van der Waals surface area contributed by atoms with E-state index in [1.54, 1.807) is 46.3 Å². The van der Waals surface area contributed by atoms with Crippen LogP contribution in [0.25, 0.3) is 0 Å². The SMILES string of the molecule is O=C(OCN1[C+]=NN(CC2(c3ccc(F)cc3)OC2c2ccccc2Cl)C1)Oc1ccccc1.[I-]. The van der Waals surface area contributed by atoms with Gasteiger partial charge >= 0.3 is 12.5 Å². The fraction of sp³-hybridized carbons (Fsp3) is 0.200. The smallest absolute Gasteiger partial charge is 0.547 e. The van der Waals surface area contributed by atoms with Gasteiger partial charge in [-0.05, 0) is 35.9 Å². The summed E-state index contributed by atoms with van der Waals surface area (Å²) in [6.07, 6.45) is 1.68. The van der Waals surface area contributed by atoms with Crippen LogP contribution in [0, 0.1) is 5.82 Å². The predicted molar refractivity (Wildman–Crippen MR) is 123 cm³/mol. The van der Waals surface area contributed by atoms with Crippen molar-refractivity contribution in [2.45, 2.75) is 11.7 Å². The molecule has 0 bridgehead atoms. The van der Waals surface area contributed by atoms with Crippen molar-refractivity contribution in [3.8, 4) is 5.75 Å². The van der Waals surface area contributed by atoms with E-state index in [2.05, 4.69) is 11.4 Å². The Labute approximate surface area is 224 Å². The number of carbonyl (C=O) groups is 1. The number of epoxide rings is 1. The summed E-state index contributed by atoms with van der Waals surface area (Å²) in [6, 6.07) is 22.3. The number of ether oxygens (including phenoxy) is 3. The van der Waals surface area contributed by atoms with Crippen molar-refractivity contribution in [2.75, 3.05) is 19.9 Å². The molecule has 2 aliphatic rings. The standard InChI is InChI=1S/C25H20ClFN3O4.HI/c26-22-9-5-4-8-21(22)23-25(34-23,18-10-12-19(27)13-11-18)14-30-16-29(15-28-30)17-32-24(31)33-20-6-2-1-3-7-20;/h1-13,23H,14,16-17H2;1H/q+1;/p-1. The van der Waals surface area contributed by atoms with Crippen molar-refractivity contribution in [1.82, 2.24) is 9.91 Å². The fourth-order valence-electron chi connectivity index (χ4n) is 3.90. The van der Waals surface area contributed by atoms with E-state index in [9.17, 15) is 9.18 Å². The topological polar surface area (TPSA) is 66.9 Å². The molecule has 7 nitrogen and oxygen atoms in total. The first-order chi connectivity index (χ1) is 16.5. The molecule has 0 N–H and O–H groups in total. The molecule has 180 valence electrons. The maximum absolute atomic E-state index is 13.6. The Balaban J connectivity index is 0.00000289. The van der Waals surface area contributed by atoms with E-state index >= 15 is 0 Å². The number of hydrogen-bond acceptors (Lipinski definition) is 7. The number of nitrogens with zero attached hydrogens (tertiary/aromatic N) is 3. The van der Waals surface area contributed by atoms with E-state index in [1.807, 2.05) is 30.3 Å². The first-order valence-corrected chi connectivity index (χ1v) is 11.0. The minimum Gasteiger partial charge on any atom is -1.00 e. The lowest BCUT2D eigenvalue weighted by molar-refractivity contribution is -0.0000220. The summed E-state index contributed by atoms with van der Waals surface area (Å²) in [4.78, 5) is 13.5. The van der Waals surface area contributed by atoms with Crippen LogP contribution >= 0.6 is 11.6 Å². The summed E-state index contributed by atoms with van der Waals surface area (Å²) in [6.45, 7) is 0.608. The van der Waals surface area contributed by atoms with E-state index < -0.39 is 11.8 Å². The summed E-state index contributed by atoms with van der Waals surface area (Å²) in [7, 11) is 0. The molecule has 2 heterocycles. The van der Waals surface area contributed by atoms with Gasteiger partial charge in [-0.2, -0.15) is 0 Å². The molecule has 2 unspecified atom stereocenters. The first kappa shape index (κ1) is 25.1. The molecule has 3 aromatic rings. The molecule has 5 rings (SSSR count). The maximum Gasteiger partial charge on any atom is 0.547 e. The van der Waals surface area contributed by atoms with E-state index in [4.69, 9.17) is 25.8 Å². The molecular weight excluding hydrogens is 588 g/mol. The van der Waals surface area contributed by atoms with Gasteiger partial charge in [-0.3, -0.25) is 0 Å². The van der Waals surface area contributed by atoms with E-state index in [1.165, 1.54) is 12.1 Å². The summed E-state index contributed by atoms with van der Waals surface area (Å²) >= 11 is 6.41. The molecule has 0 aliphatic carbocycles. The van der Waals surface area contributed by atoms with Crippen LogP contribution in [0.4, 0.5) is 9.18 Å². The molecule has 2 aliphatic heterocycles. The van der Waals surface area contributed by atoms with Gasteiger partial charge < -0.3 is 38.2 Å². The molecule has 0 aromatic heterocycles. The molecule has 35 heavy (non-hydrogen) atoms. The second-order valence-electron chi connectivity index (χ2n) is 7.90. The normalized spacial score (nSPS) is 20.1. The monoisotopic (exact) mass is 607 g/mol. The second-order valence-corrected chi connectivity index (χ2v) is 8.31. The van der Waals surface area contributed by atoms with Crippen LogP contribution in [0.2, 0.25) is 5.02 Å². The zero-order valence-corrected chi connectivity index (χ0v) is 21.2. The zero-order valence-electron chi connectivity index (χ0n) is 18.3. The van der Waals surface area contributed by atoms with Crippen LogP contribution < -0.4 is 28.7 Å². The van der Waals surface area contributed by atoms with Crippen molar-refractivity contribution in [1.29, 1.82) is 0 Å². The van der Waals surface area contributed by atoms with E-state index in [0.29, 0.717) is 24.0 Å². The van der Waals surface area contributed by atoms with Crippen LogP contribution in [0.5, 0.6) is 5.75 Å². The van der Waals surface area contributed by atoms with Crippen LogP contribution in [0.3, 0.4) is 0 Å². The lowest BCUT2D eigenvalue weighted by Gasteiger charge is -2.19. The third-order valence-electron chi connectivity index (χ3n) is 5.58. The summed E-state index contributed by atoms with van der Waals surface area (Å²) < 4.78 is 30.0. The molecule has 2 atom stereocenters. The number of benzene rings is 3. The molecule has 0 spiro atoms. The average molecular weight is 608 g/mol. The molecule has 1 saturated heterocycles. The van der Waals surface area contributed by atoms with Crippen molar-refractivity contribution in [3.63, 3.8) is 0 Å². The van der Waals surface area contributed by atoms with Crippen LogP contribution in [-0.2, 0) is 15.1 Å². The Morgan fingerprint density at radius 1 is 1.11 bits per heavy atom. The van der Waals surface area contributed by atoms with E-state index in [0.717, 1.165) is 11.1 Å². The van der Waals surface area contributed by atoms with Crippen LogP contribution in [0.15, 0.2) is 84.0 Å². The Bertz CT molecular complexity index is 1200. The molecular formula is C25H20ClFIN3O4. The summed E-state index contributed by atoms with van der Waals surface area (Å²) in [5, 5.41) is 6.63. The zero-order chi connectivity index (χ0) is 23.5. The number of para-hydroxylation sites is 1. The van der Waals surface area contributed by atoms with Crippen molar-refractivity contribution < 1.29 is 47.4 Å². The van der Waals surface area contributed by atoms with Crippen LogP contribution in [0.1, 0.15) is 17.2 Å². The number of hydrogen-bond donors (Lipinski definition) is 0. The lowest BCUT2D eigenvalue weighted by Crippen LogP contribution is -3.00. The molecule has 0 amide bonds. The molecule has 1 fully saturated rings. The Morgan fingerprint density at radius 3 is 2.57 bits per heavy atom. The highest BCUT2D eigenvalue weighted by atomic mass is 127. The van der Waals surface area contributed by atoms with Crippen LogP contribution in [-0.4, -0.2) is 42.3 Å². The average Bonchev–Trinajstić information content (AvgIpc) is 3.38. The molecule has 0 radical (unpaired) electrons. The molecule has 0 saturated carbocycles. The van der Waals surface area contributed by atoms with Gasteiger partial charge in [0.2, 0.25) is 6.73 Å². The third-order valence-corrected chi connectivity index (χ3v) is 5.92. The number of carbonyl (C=O) groups excluding carboxylic acids is 1. The number of rotatable bonds is 7. The lowest BCUT2D eigenvalue weighted by atomic mass is 9.91. The minimum atomic E-state index is -0.821. The van der Waals surface area contributed by atoms with Crippen molar-refractivity contribution in [3.05, 3.63) is 101 Å². The summed E-state index contributed by atoms with van der Waals surface area (Å²) in [5.41, 5.74) is 0.909. The van der Waals surface area contributed by atoms with Gasteiger partial charge in [0.05, 0.1) is 6.54 Å².